The van der Waals surface area contributed by atoms with Crippen LogP contribution in [-0.2, 0) is 5.41 Å². The Morgan fingerprint density at radius 1 is 0.700 bits per heavy atom. The van der Waals surface area contributed by atoms with Crippen molar-refractivity contribution in [3.63, 3.8) is 0 Å². The Hall–Kier alpha value is -1.64. The average molecular weight is 266 g/mol. The van der Waals surface area contributed by atoms with Crippen LogP contribution in [0.5, 0.6) is 0 Å². The van der Waals surface area contributed by atoms with Crippen LogP contribution in [0.3, 0.4) is 0 Å². The molecule has 1 aliphatic carbocycles. The Kier molecular flexibility index (Phi) is 3.36. The van der Waals surface area contributed by atoms with E-state index in [0.717, 1.165) is 25.7 Å². The van der Waals surface area contributed by atoms with Crippen LogP contribution in [0.1, 0.15) is 36.8 Å². The van der Waals surface area contributed by atoms with E-state index in [-0.39, 0.29) is 5.41 Å². The Balaban J connectivity index is 2.13. The van der Waals surface area contributed by atoms with E-state index in [1.54, 1.807) is 0 Å². The molecule has 0 atom stereocenters. The van der Waals surface area contributed by atoms with Gasteiger partial charge in [0.1, 0.15) is 0 Å². The lowest BCUT2D eigenvalue weighted by Crippen LogP contribution is -2.56. The van der Waals surface area contributed by atoms with Gasteiger partial charge >= 0.3 is 0 Å². The zero-order valence-corrected chi connectivity index (χ0v) is 11.8. The van der Waals surface area contributed by atoms with Gasteiger partial charge in [-0.1, -0.05) is 60.7 Å². The van der Waals surface area contributed by atoms with Crippen LogP contribution in [-0.4, -0.2) is 5.66 Å². The molecule has 2 aromatic carbocycles. The van der Waals surface area contributed by atoms with Gasteiger partial charge in [0.25, 0.3) is 0 Å². The van der Waals surface area contributed by atoms with E-state index >= 15 is 0 Å². The topological polar surface area (TPSA) is 52.0 Å². The molecule has 2 heteroatoms. The molecule has 2 nitrogen and oxygen atoms in total. The van der Waals surface area contributed by atoms with Crippen molar-refractivity contribution in [2.45, 2.75) is 36.8 Å². The standard InChI is InChI=1S/C18H22N2/c19-18(20)13-7-12-17(14-18,15-8-3-1-4-9-15)16-10-5-2-6-11-16/h1-6,8-11H,7,12-14,19-20H2. The van der Waals surface area contributed by atoms with Crippen molar-refractivity contribution in [1.29, 1.82) is 0 Å². The Morgan fingerprint density at radius 2 is 1.20 bits per heavy atom. The van der Waals surface area contributed by atoms with Crippen LogP contribution in [0.4, 0.5) is 0 Å². The van der Waals surface area contributed by atoms with Crippen molar-refractivity contribution in [2.24, 2.45) is 11.5 Å². The zero-order valence-electron chi connectivity index (χ0n) is 11.8. The lowest BCUT2D eigenvalue weighted by molar-refractivity contribution is 0.222. The first-order chi connectivity index (χ1) is 9.62. The lowest BCUT2D eigenvalue weighted by atomic mass is 9.62. The Morgan fingerprint density at radius 3 is 1.65 bits per heavy atom. The third-order valence-electron chi connectivity index (χ3n) is 4.53. The van der Waals surface area contributed by atoms with Gasteiger partial charge in [0.2, 0.25) is 0 Å². The van der Waals surface area contributed by atoms with Gasteiger partial charge in [0, 0.05) is 5.41 Å². The molecular formula is C18H22N2. The highest BCUT2D eigenvalue weighted by Crippen LogP contribution is 2.46. The lowest BCUT2D eigenvalue weighted by Gasteiger charge is -2.45. The SMILES string of the molecule is NC1(N)CCCC(c2ccccc2)(c2ccccc2)C1. The Labute approximate surface area is 120 Å². The number of benzene rings is 2. The number of rotatable bonds is 2. The quantitative estimate of drug-likeness (QED) is 0.820. The molecule has 0 spiro atoms. The average Bonchev–Trinajstić information content (AvgIpc) is 2.48. The van der Waals surface area contributed by atoms with Crippen LogP contribution in [0, 0.1) is 0 Å². The van der Waals surface area contributed by atoms with Gasteiger partial charge in [0.15, 0.2) is 0 Å². The maximum absolute atomic E-state index is 6.31. The van der Waals surface area contributed by atoms with Crippen LogP contribution in [0.15, 0.2) is 60.7 Å². The monoisotopic (exact) mass is 266 g/mol. The third-order valence-corrected chi connectivity index (χ3v) is 4.53. The van der Waals surface area contributed by atoms with E-state index in [4.69, 9.17) is 11.5 Å². The number of hydrogen-bond acceptors (Lipinski definition) is 2. The first-order valence-corrected chi connectivity index (χ1v) is 7.31. The van der Waals surface area contributed by atoms with Gasteiger partial charge in [-0.2, -0.15) is 0 Å². The van der Waals surface area contributed by atoms with Crippen LogP contribution in [0.25, 0.3) is 0 Å². The van der Waals surface area contributed by atoms with Crippen molar-refractivity contribution in [3.8, 4) is 0 Å². The van der Waals surface area contributed by atoms with Gasteiger partial charge in [0.05, 0.1) is 5.66 Å². The van der Waals surface area contributed by atoms with Crippen LogP contribution in [0.2, 0.25) is 0 Å². The van der Waals surface area contributed by atoms with E-state index in [9.17, 15) is 0 Å². The minimum atomic E-state index is -0.579. The molecule has 4 N–H and O–H groups in total. The molecule has 0 radical (unpaired) electrons. The van der Waals surface area contributed by atoms with Crippen molar-refractivity contribution in [2.75, 3.05) is 0 Å². The van der Waals surface area contributed by atoms with Gasteiger partial charge < -0.3 is 11.5 Å². The van der Waals surface area contributed by atoms with Gasteiger partial charge in [-0.3, -0.25) is 0 Å². The zero-order chi connectivity index (χ0) is 14.1. The first kappa shape index (κ1) is 13.3. The number of hydrogen-bond donors (Lipinski definition) is 2. The fourth-order valence-corrected chi connectivity index (χ4v) is 3.63. The van der Waals surface area contributed by atoms with Crippen molar-refractivity contribution >= 4 is 0 Å². The maximum atomic E-state index is 6.31. The third kappa shape index (κ3) is 2.37. The van der Waals surface area contributed by atoms with E-state index in [1.165, 1.54) is 11.1 Å². The molecule has 0 aromatic heterocycles. The second-order valence-electron chi connectivity index (χ2n) is 6.08. The summed E-state index contributed by atoms with van der Waals surface area (Å²) in [4.78, 5) is 0. The number of nitrogens with two attached hydrogens (primary N) is 2. The summed E-state index contributed by atoms with van der Waals surface area (Å²) in [6.45, 7) is 0. The van der Waals surface area contributed by atoms with Gasteiger partial charge in [-0.05, 0) is 36.8 Å². The summed E-state index contributed by atoms with van der Waals surface area (Å²) in [5, 5.41) is 0. The normalized spacial score (nSPS) is 20.5. The molecule has 3 rings (SSSR count). The summed E-state index contributed by atoms with van der Waals surface area (Å²) in [5.41, 5.74) is 14.6. The molecular weight excluding hydrogens is 244 g/mol. The fourth-order valence-electron chi connectivity index (χ4n) is 3.63. The first-order valence-electron chi connectivity index (χ1n) is 7.31. The second-order valence-corrected chi connectivity index (χ2v) is 6.08. The van der Waals surface area contributed by atoms with Crippen molar-refractivity contribution < 1.29 is 0 Å². The predicted molar refractivity (Wildman–Crippen MR) is 83.2 cm³/mol. The van der Waals surface area contributed by atoms with E-state index in [2.05, 4.69) is 60.7 Å². The highest BCUT2D eigenvalue weighted by atomic mass is 15.0. The molecule has 0 unspecified atom stereocenters. The van der Waals surface area contributed by atoms with E-state index < -0.39 is 5.66 Å². The largest absolute Gasteiger partial charge is 0.313 e. The molecule has 104 valence electrons. The molecule has 0 aliphatic heterocycles. The van der Waals surface area contributed by atoms with E-state index in [1.807, 2.05) is 0 Å². The summed E-state index contributed by atoms with van der Waals surface area (Å²) in [7, 11) is 0. The minimum absolute atomic E-state index is 0.0513. The van der Waals surface area contributed by atoms with E-state index in [0.29, 0.717) is 0 Å². The van der Waals surface area contributed by atoms with Crippen LogP contribution < -0.4 is 11.5 Å². The van der Waals surface area contributed by atoms with Crippen LogP contribution >= 0.6 is 0 Å². The minimum Gasteiger partial charge on any atom is -0.313 e. The molecule has 0 amide bonds. The summed E-state index contributed by atoms with van der Waals surface area (Å²) in [6, 6.07) is 21.3. The molecule has 1 fully saturated rings. The summed E-state index contributed by atoms with van der Waals surface area (Å²) in [6.07, 6.45) is 3.87. The molecule has 0 bridgehead atoms. The molecule has 0 heterocycles. The van der Waals surface area contributed by atoms with Gasteiger partial charge in [-0.15, -0.1) is 0 Å². The molecule has 1 aliphatic rings. The highest BCUT2D eigenvalue weighted by Gasteiger charge is 2.43. The summed E-state index contributed by atoms with van der Waals surface area (Å²) < 4.78 is 0. The molecule has 1 saturated carbocycles. The van der Waals surface area contributed by atoms with Crippen molar-refractivity contribution in [1.82, 2.24) is 0 Å². The maximum Gasteiger partial charge on any atom is 0.0648 e. The summed E-state index contributed by atoms with van der Waals surface area (Å²) >= 11 is 0. The van der Waals surface area contributed by atoms with Gasteiger partial charge in [-0.25, -0.2) is 0 Å². The fraction of sp³-hybridized carbons (Fsp3) is 0.333. The second kappa shape index (κ2) is 5.04. The molecule has 20 heavy (non-hydrogen) atoms. The smallest absolute Gasteiger partial charge is 0.0648 e. The summed E-state index contributed by atoms with van der Waals surface area (Å²) in [5.74, 6) is 0. The predicted octanol–water partition coefficient (Wildman–Crippen LogP) is 3.16. The highest BCUT2D eigenvalue weighted by molar-refractivity contribution is 5.40. The Bertz CT molecular complexity index is 521. The molecule has 2 aromatic rings. The molecule has 0 saturated heterocycles. The van der Waals surface area contributed by atoms with Crippen molar-refractivity contribution in [3.05, 3.63) is 71.8 Å².